The van der Waals surface area contributed by atoms with Crippen LogP contribution >= 0.6 is 12.4 Å². The molecule has 2 aromatic carbocycles. The third-order valence-electron chi connectivity index (χ3n) is 4.70. The SMILES string of the molecule is COc1cccc(/C=N/N2CCN(Cc3ccc(C)cc3C)CC2)c1.Cl. The number of halogens is 1. The highest BCUT2D eigenvalue weighted by Gasteiger charge is 2.16. The molecule has 0 bridgehead atoms. The lowest BCUT2D eigenvalue weighted by Crippen LogP contribution is -2.43. The third kappa shape index (κ3) is 5.48. The molecule has 3 rings (SSSR count). The number of methoxy groups -OCH3 is 1. The van der Waals surface area contributed by atoms with Gasteiger partial charge in [-0.05, 0) is 42.7 Å². The molecule has 0 N–H and O–H groups in total. The second kappa shape index (κ2) is 9.60. The van der Waals surface area contributed by atoms with Gasteiger partial charge in [0.25, 0.3) is 0 Å². The topological polar surface area (TPSA) is 28.1 Å². The van der Waals surface area contributed by atoms with E-state index < -0.39 is 0 Å². The van der Waals surface area contributed by atoms with Crippen molar-refractivity contribution in [1.82, 2.24) is 9.91 Å². The summed E-state index contributed by atoms with van der Waals surface area (Å²) in [5.74, 6) is 0.863. The van der Waals surface area contributed by atoms with Gasteiger partial charge in [-0.1, -0.05) is 35.9 Å². The fourth-order valence-corrected chi connectivity index (χ4v) is 3.15. The van der Waals surface area contributed by atoms with Gasteiger partial charge < -0.3 is 4.74 Å². The number of piperazine rings is 1. The van der Waals surface area contributed by atoms with Crippen LogP contribution in [0.25, 0.3) is 0 Å². The van der Waals surface area contributed by atoms with Gasteiger partial charge in [-0.25, -0.2) is 0 Å². The van der Waals surface area contributed by atoms with E-state index in [0.29, 0.717) is 0 Å². The molecule has 0 amide bonds. The Morgan fingerprint density at radius 2 is 1.81 bits per heavy atom. The first-order chi connectivity index (χ1) is 12.1. The molecule has 1 heterocycles. The molecular weight excluding hydrogens is 346 g/mol. The molecule has 140 valence electrons. The number of hydrazone groups is 1. The van der Waals surface area contributed by atoms with Crippen LogP contribution in [0.4, 0.5) is 0 Å². The average molecular weight is 374 g/mol. The molecule has 26 heavy (non-hydrogen) atoms. The number of hydrogen-bond donors (Lipinski definition) is 0. The second-order valence-corrected chi connectivity index (χ2v) is 6.68. The smallest absolute Gasteiger partial charge is 0.119 e. The number of rotatable bonds is 5. The first-order valence-corrected chi connectivity index (χ1v) is 8.85. The molecule has 0 saturated carbocycles. The van der Waals surface area contributed by atoms with Crippen molar-refractivity contribution < 1.29 is 4.74 Å². The minimum atomic E-state index is 0. The molecule has 1 aliphatic heterocycles. The first kappa shape index (κ1) is 20.3. The Hall–Kier alpha value is -2.04. The molecular formula is C21H28ClN3O. The summed E-state index contributed by atoms with van der Waals surface area (Å²) in [4.78, 5) is 2.51. The van der Waals surface area contributed by atoms with E-state index in [-0.39, 0.29) is 12.4 Å². The Labute approximate surface area is 162 Å². The maximum Gasteiger partial charge on any atom is 0.119 e. The van der Waals surface area contributed by atoms with Crippen molar-refractivity contribution in [2.75, 3.05) is 33.3 Å². The van der Waals surface area contributed by atoms with Crippen molar-refractivity contribution >= 4 is 18.6 Å². The van der Waals surface area contributed by atoms with Crippen molar-refractivity contribution in [2.24, 2.45) is 5.10 Å². The van der Waals surface area contributed by atoms with E-state index in [9.17, 15) is 0 Å². The quantitative estimate of drug-likeness (QED) is 0.744. The molecule has 0 radical (unpaired) electrons. The summed E-state index contributed by atoms with van der Waals surface area (Å²) in [5.41, 5.74) is 5.22. The Balaban J connectivity index is 0.00000243. The van der Waals surface area contributed by atoms with Crippen molar-refractivity contribution in [3.05, 3.63) is 64.7 Å². The van der Waals surface area contributed by atoms with Gasteiger partial charge in [-0.15, -0.1) is 12.4 Å². The van der Waals surface area contributed by atoms with Gasteiger partial charge in [0, 0.05) is 32.7 Å². The van der Waals surface area contributed by atoms with Crippen molar-refractivity contribution in [3.63, 3.8) is 0 Å². The lowest BCUT2D eigenvalue weighted by molar-refractivity contribution is 0.131. The number of aryl methyl sites for hydroxylation is 2. The maximum absolute atomic E-state index is 5.25. The lowest BCUT2D eigenvalue weighted by atomic mass is 10.1. The Bertz CT molecular complexity index is 740. The first-order valence-electron chi connectivity index (χ1n) is 8.85. The summed E-state index contributed by atoms with van der Waals surface area (Å²) >= 11 is 0. The molecule has 2 aromatic rings. The van der Waals surface area contributed by atoms with Gasteiger partial charge in [0.05, 0.1) is 13.3 Å². The van der Waals surface area contributed by atoms with Crippen molar-refractivity contribution in [1.29, 1.82) is 0 Å². The summed E-state index contributed by atoms with van der Waals surface area (Å²) in [7, 11) is 1.69. The summed E-state index contributed by atoms with van der Waals surface area (Å²) in [6.07, 6.45) is 1.92. The largest absolute Gasteiger partial charge is 0.497 e. The molecule has 0 aromatic heterocycles. The molecule has 0 aliphatic carbocycles. The standard InChI is InChI=1S/C21H27N3O.ClH/c1-17-7-8-20(18(2)13-17)16-23-9-11-24(12-10-23)22-15-19-5-4-6-21(14-19)25-3;/h4-8,13-15H,9-12,16H2,1-3H3;1H/b22-15+;. The summed E-state index contributed by atoms with van der Waals surface area (Å²) < 4.78 is 5.25. The van der Waals surface area contributed by atoms with Crippen molar-refractivity contribution in [3.8, 4) is 5.75 Å². The van der Waals surface area contributed by atoms with Crippen LogP contribution in [0.3, 0.4) is 0 Å². The van der Waals surface area contributed by atoms with E-state index in [0.717, 1.165) is 44.0 Å². The fourth-order valence-electron chi connectivity index (χ4n) is 3.15. The van der Waals surface area contributed by atoms with E-state index in [1.165, 1.54) is 16.7 Å². The fraction of sp³-hybridized carbons (Fsp3) is 0.381. The van der Waals surface area contributed by atoms with Crippen LogP contribution in [-0.2, 0) is 6.54 Å². The minimum Gasteiger partial charge on any atom is -0.497 e. The lowest BCUT2D eigenvalue weighted by Gasteiger charge is -2.33. The van der Waals surface area contributed by atoms with E-state index >= 15 is 0 Å². The van der Waals surface area contributed by atoms with Crippen molar-refractivity contribution in [2.45, 2.75) is 20.4 Å². The second-order valence-electron chi connectivity index (χ2n) is 6.68. The van der Waals surface area contributed by atoms with E-state index in [1.54, 1.807) is 7.11 Å². The third-order valence-corrected chi connectivity index (χ3v) is 4.70. The van der Waals surface area contributed by atoms with E-state index in [4.69, 9.17) is 4.74 Å². The van der Waals surface area contributed by atoms with E-state index in [1.807, 2.05) is 30.5 Å². The normalized spacial score (nSPS) is 15.1. The molecule has 1 fully saturated rings. The molecule has 0 spiro atoms. The minimum absolute atomic E-state index is 0. The summed E-state index contributed by atoms with van der Waals surface area (Å²) in [6.45, 7) is 9.40. The van der Waals surface area contributed by atoms with Crippen LogP contribution in [-0.4, -0.2) is 49.4 Å². The predicted molar refractivity (Wildman–Crippen MR) is 111 cm³/mol. The molecule has 0 atom stereocenters. The number of benzene rings is 2. The number of nitrogens with zero attached hydrogens (tertiary/aromatic N) is 3. The Morgan fingerprint density at radius 3 is 2.50 bits per heavy atom. The van der Waals surface area contributed by atoms with Gasteiger partial charge in [-0.3, -0.25) is 9.91 Å². The molecule has 1 aliphatic rings. The zero-order chi connectivity index (χ0) is 17.6. The average Bonchev–Trinajstić information content (AvgIpc) is 2.63. The van der Waals surface area contributed by atoms with E-state index in [2.05, 4.69) is 47.1 Å². The van der Waals surface area contributed by atoms with Crippen LogP contribution in [0.15, 0.2) is 47.6 Å². The molecule has 0 unspecified atom stereocenters. The van der Waals surface area contributed by atoms with Crippen LogP contribution in [0.5, 0.6) is 5.75 Å². The van der Waals surface area contributed by atoms with Gasteiger partial charge >= 0.3 is 0 Å². The highest BCUT2D eigenvalue weighted by atomic mass is 35.5. The zero-order valence-electron chi connectivity index (χ0n) is 15.8. The molecule has 5 heteroatoms. The summed E-state index contributed by atoms with van der Waals surface area (Å²) in [6, 6.07) is 14.7. The van der Waals surface area contributed by atoms with Crippen LogP contribution in [0, 0.1) is 13.8 Å². The van der Waals surface area contributed by atoms with Crippen LogP contribution < -0.4 is 4.74 Å². The van der Waals surface area contributed by atoms with Gasteiger partial charge in [0.15, 0.2) is 0 Å². The van der Waals surface area contributed by atoms with Gasteiger partial charge in [0.2, 0.25) is 0 Å². The monoisotopic (exact) mass is 373 g/mol. The van der Waals surface area contributed by atoms with Crippen LogP contribution in [0.1, 0.15) is 22.3 Å². The molecule has 4 nitrogen and oxygen atoms in total. The highest BCUT2D eigenvalue weighted by molar-refractivity contribution is 5.85. The zero-order valence-corrected chi connectivity index (χ0v) is 16.6. The Morgan fingerprint density at radius 1 is 1.04 bits per heavy atom. The highest BCUT2D eigenvalue weighted by Crippen LogP contribution is 2.15. The number of ether oxygens (including phenoxy) is 1. The summed E-state index contributed by atoms with van der Waals surface area (Å²) in [5, 5.41) is 6.78. The predicted octanol–water partition coefficient (Wildman–Crippen LogP) is 3.89. The Kier molecular flexibility index (Phi) is 7.49. The number of hydrogen-bond acceptors (Lipinski definition) is 4. The van der Waals surface area contributed by atoms with Gasteiger partial charge in [-0.2, -0.15) is 5.10 Å². The maximum atomic E-state index is 5.25. The van der Waals surface area contributed by atoms with Gasteiger partial charge in [0.1, 0.15) is 5.75 Å². The molecule has 1 saturated heterocycles. The van der Waals surface area contributed by atoms with Crippen LogP contribution in [0.2, 0.25) is 0 Å².